The van der Waals surface area contributed by atoms with Crippen molar-refractivity contribution in [3.05, 3.63) is 71.8 Å². The van der Waals surface area contributed by atoms with Crippen molar-refractivity contribution < 1.29 is 4.74 Å². The van der Waals surface area contributed by atoms with Crippen molar-refractivity contribution in [2.75, 3.05) is 13.8 Å². The fraction of sp³-hybridized carbons (Fsp3) is 0.125. The number of benzene rings is 2. The molecule has 0 radical (unpaired) electrons. The van der Waals surface area contributed by atoms with Crippen LogP contribution in [-0.4, -0.2) is 18.7 Å². The van der Waals surface area contributed by atoms with Gasteiger partial charge in [0.25, 0.3) is 0 Å². The molecule has 0 aromatic heterocycles. The Labute approximate surface area is 130 Å². The lowest BCUT2D eigenvalue weighted by atomic mass is 10.1. The van der Waals surface area contributed by atoms with Crippen molar-refractivity contribution in [1.29, 1.82) is 0 Å². The standard InChI is InChI=1S/C16H15NO.HI/c1-17-12-18-16(14-10-6-3-7-11-14)15(17)13-8-4-2-5-9-13;/h2-11H,12H2,1H3;1H. The molecule has 98 valence electrons. The summed E-state index contributed by atoms with van der Waals surface area (Å²) >= 11 is 0. The molecule has 1 aliphatic heterocycles. The quantitative estimate of drug-likeness (QED) is 0.745. The first-order valence-electron chi connectivity index (χ1n) is 6.05. The van der Waals surface area contributed by atoms with Gasteiger partial charge in [-0.1, -0.05) is 60.7 Å². The maximum atomic E-state index is 5.82. The van der Waals surface area contributed by atoms with Crippen LogP contribution < -0.4 is 0 Å². The molecule has 3 rings (SSSR count). The van der Waals surface area contributed by atoms with Crippen LogP contribution in [0, 0.1) is 0 Å². The van der Waals surface area contributed by atoms with Gasteiger partial charge in [-0.05, 0) is 0 Å². The third kappa shape index (κ3) is 2.76. The van der Waals surface area contributed by atoms with E-state index in [-0.39, 0.29) is 24.0 Å². The molecule has 0 bridgehead atoms. The van der Waals surface area contributed by atoms with E-state index in [1.54, 1.807) is 0 Å². The van der Waals surface area contributed by atoms with Crippen LogP contribution in [0.2, 0.25) is 0 Å². The van der Waals surface area contributed by atoms with E-state index in [9.17, 15) is 0 Å². The van der Waals surface area contributed by atoms with Gasteiger partial charge in [0.15, 0.2) is 12.5 Å². The van der Waals surface area contributed by atoms with Gasteiger partial charge in [-0.3, -0.25) is 0 Å². The Morgan fingerprint density at radius 3 is 1.95 bits per heavy atom. The minimum absolute atomic E-state index is 0. The van der Waals surface area contributed by atoms with E-state index in [1.165, 1.54) is 5.56 Å². The summed E-state index contributed by atoms with van der Waals surface area (Å²) < 4.78 is 5.82. The van der Waals surface area contributed by atoms with Gasteiger partial charge in [0.1, 0.15) is 0 Å². The first-order valence-corrected chi connectivity index (χ1v) is 6.05. The summed E-state index contributed by atoms with van der Waals surface area (Å²) in [7, 11) is 2.05. The summed E-state index contributed by atoms with van der Waals surface area (Å²) in [5, 5.41) is 0. The molecule has 0 amide bonds. The summed E-state index contributed by atoms with van der Waals surface area (Å²) in [6.07, 6.45) is 0. The molecule has 1 heterocycles. The zero-order valence-corrected chi connectivity index (χ0v) is 13.1. The first kappa shape index (κ1) is 13.9. The Bertz CT molecular complexity index is 566. The van der Waals surface area contributed by atoms with Crippen molar-refractivity contribution in [3.63, 3.8) is 0 Å². The lowest BCUT2D eigenvalue weighted by Gasteiger charge is -2.13. The molecular formula is C16H16INO. The van der Waals surface area contributed by atoms with E-state index >= 15 is 0 Å². The van der Waals surface area contributed by atoms with Crippen molar-refractivity contribution in [2.24, 2.45) is 0 Å². The molecule has 3 heteroatoms. The van der Waals surface area contributed by atoms with Gasteiger partial charge in [0.05, 0.1) is 5.70 Å². The lowest BCUT2D eigenvalue weighted by Crippen LogP contribution is -2.12. The summed E-state index contributed by atoms with van der Waals surface area (Å²) in [5.41, 5.74) is 3.47. The highest BCUT2D eigenvalue weighted by molar-refractivity contribution is 14.0. The van der Waals surface area contributed by atoms with E-state index in [1.807, 2.05) is 24.3 Å². The maximum absolute atomic E-state index is 5.82. The molecule has 19 heavy (non-hydrogen) atoms. The molecule has 0 atom stereocenters. The van der Waals surface area contributed by atoms with E-state index in [0.717, 1.165) is 17.0 Å². The second-order valence-corrected chi connectivity index (χ2v) is 4.38. The summed E-state index contributed by atoms with van der Waals surface area (Å²) in [5.74, 6) is 0.962. The van der Waals surface area contributed by atoms with Crippen molar-refractivity contribution in [3.8, 4) is 0 Å². The van der Waals surface area contributed by atoms with Gasteiger partial charge in [0.2, 0.25) is 0 Å². The second kappa shape index (κ2) is 6.10. The highest BCUT2D eigenvalue weighted by Crippen LogP contribution is 2.34. The number of ether oxygens (including phenoxy) is 1. The number of hydrogen-bond donors (Lipinski definition) is 0. The van der Waals surface area contributed by atoms with E-state index in [2.05, 4.69) is 48.3 Å². The van der Waals surface area contributed by atoms with E-state index < -0.39 is 0 Å². The Balaban J connectivity index is 0.00000133. The van der Waals surface area contributed by atoms with Crippen LogP contribution in [0.25, 0.3) is 11.5 Å². The molecule has 0 fully saturated rings. The van der Waals surface area contributed by atoms with Crippen molar-refractivity contribution in [1.82, 2.24) is 4.90 Å². The van der Waals surface area contributed by atoms with Crippen LogP contribution in [0.3, 0.4) is 0 Å². The van der Waals surface area contributed by atoms with Gasteiger partial charge in [-0.15, -0.1) is 24.0 Å². The van der Waals surface area contributed by atoms with Crippen LogP contribution >= 0.6 is 24.0 Å². The van der Waals surface area contributed by atoms with Crippen LogP contribution in [0.4, 0.5) is 0 Å². The van der Waals surface area contributed by atoms with Gasteiger partial charge in [0, 0.05) is 18.2 Å². The zero-order valence-electron chi connectivity index (χ0n) is 10.7. The number of rotatable bonds is 2. The topological polar surface area (TPSA) is 12.5 Å². The smallest absolute Gasteiger partial charge is 0.161 e. The molecule has 2 aromatic carbocycles. The van der Waals surface area contributed by atoms with Crippen LogP contribution in [-0.2, 0) is 4.74 Å². The maximum Gasteiger partial charge on any atom is 0.161 e. The Kier molecular flexibility index (Phi) is 4.47. The molecule has 0 spiro atoms. The molecule has 0 saturated heterocycles. The van der Waals surface area contributed by atoms with Gasteiger partial charge >= 0.3 is 0 Å². The third-order valence-electron chi connectivity index (χ3n) is 3.08. The lowest BCUT2D eigenvalue weighted by molar-refractivity contribution is 0.210. The minimum atomic E-state index is 0. The predicted molar refractivity (Wildman–Crippen MR) is 88.8 cm³/mol. The molecule has 0 saturated carbocycles. The third-order valence-corrected chi connectivity index (χ3v) is 3.08. The van der Waals surface area contributed by atoms with Crippen molar-refractivity contribution in [2.45, 2.75) is 0 Å². The summed E-state index contributed by atoms with van der Waals surface area (Å²) in [6, 6.07) is 20.6. The molecule has 2 nitrogen and oxygen atoms in total. The van der Waals surface area contributed by atoms with E-state index in [4.69, 9.17) is 4.74 Å². The van der Waals surface area contributed by atoms with Crippen molar-refractivity contribution >= 4 is 35.4 Å². The largest absolute Gasteiger partial charge is 0.470 e. The molecule has 0 aliphatic carbocycles. The summed E-state index contributed by atoms with van der Waals surface area (Å²) in [4.78, 5) is 2.14. The van der Waals surface area contributed by atoms with Crippen LogP contribution in [0.15, 0.2) is 60.7 Å². The molecule has 0 N–H and O–H groups in total. The van der Waals surface area contributed by atoms with Gasteiger partial charge in [-0.2, -0.15) is 0 Å². The molecule has 0 unspecified atom stereocenters. The molecule has 2 aromatic rings. The summed E-state index contributed by atoms with van der Waals surface area (Å²) in [6.45, 7) is 0.606. The Morgan fingerprint density at radius 2 is 1.37 bits per heavy atom. The normalized spacial score (nSPS) is 14.1. The highest BCUT2D eigenvalue weighted by atomic mass is 127. The average molecular weight is 365 g/mol. The number of halogens is 1. The average Bonchev–Trinajstić information content (AvgIpc) is 2.83. The fourth-order valence-corrected chi connectivity index (χ4v) is 2.22. The molecular weight excluding hydrogens is 349 g/mol. The highest BCUT2D eigenvalue weighted by Gasteiger charge is 2.23. The fourth-order valence-electron chi connectivity index (χ4n) is 2.22. The Morgan fingerprint density at radius 1 is 0.842 bits per heavy atom. The van der Waals surface area contributed by atoms with Crippen LogP contribution in [0.5, 0.6) is 0 Å². The monoisotopic (exact) mass is 365 g/mol. The van der Waals surface area contributed by atoms with Gasteiger partial charge < -0.3 is 9.64 Å². The SMILES string of the molecule is CN1COC(c2ccccc2)=C1c1ccccc1.I. The van der Waals surface area contributed by atoms with E-state index in [0.29, 0.717) is 6.73 Å². The second-order valence-electron chi connectivity index (χ2n) is 4.38. The Hall–Kier alpha value is -1.49. The zero-order chi connectivity index (χ0) is 12.4. The number of hydrogen-bond acceptors (Lipinski definition) is 2. The minimum Gasteiger partial charge on any atom is -0.470 e. The first-order chi connectivity index (χ1) is 8.86. The van der Waals surface area contributed by atoms with Gasteiger partial charge in [-0.25, -0.2) is 0 Å². The van der Waals surface area contributed by atoms with Crippen LogP contribution in [0.1, 0.15) is 11.1 Å². The predicted octanol–water partition coefficient (Wildman–Crippen LogP) is 4.05. The molecule has 1 aliphatic rings. The number of nitrogens with zero attached hydrogens (tertiary/aromatic N) is 1.